The molecule has 1 aliphatic rings. The van der Waals surface area contributed by atoms with Gasteiger partial charge in [-0.2, -0.15) is 5.10 Å². The molecular weight excluding hydrogens is 435 g/mol. The Morgan fingerprint density at radius 3 is 2.94 bits per heavy atom. The number of halogens is 2. The van der Waals surface area contributed by atoms with Crippen molar-refractivity contribution in [1.29, 1.82) is 0 Å². The largest absolute Gasteiger partial charge is 0.373 e. The van der Waals surface area contributed by atoms with Crippen molar-refractivity contribution in [3.05, 3.63) is 71.0 Å². The zero-order valence-electron chi connectivity index (χ0n) is 17.0. The summed E-state index contributed by atoms with van der Waals surface area (Å²) in [5, 5.41) is 7.09. The SMILES string of the molecule is Cn1ncc2c1COCCN(c1ccc(F)c(Cl)c1)c1ccnc3ccc(nc13)C(=O)N2. The summed E-state index contributed by atoms with van der Waals surface area (Å²) in [6.45, 7) is 1.03. The molecule has 4 aromatic rings. The lowest BCUT2D eigenvalue weighted by Crippen LogP contribution is -2.23. The number of aryl methyl sites for hydroxylation is 1. The van der Waals surface area contributed by atoms with Crippen LogP contribution in [0.25, 0.3) is 11.0 Å². The average Bonchev–Trinajstić information content (AvgIpc) is 3.14. The fourth-order valence-electron chi connectivity index (χ4n) is 3.65. The number of pyridine rings is 2. The molecule has 0 saturated carbocycles. The van der Waals surface area contributed by atoms with Gasteiger partial charge < -0.3 is 15.0 Å². The van der Waals surface area contributed by atoms with Gasteiger partial charge in [0.1, 0.15) is 17.0 Å². The molecule has 0 radical (unpaired) electrons. The second-order valence-electron chi connectivity index (χ2n) is 7.28. The van der Waals surface area contributed by atoms with E-state index in [0.29, 0.717) is 41.2 Å². The van der Waals surface area contributed by atoms with Gasteiger partial charge in [0, 0.05) is 25.5 Å². The summed E-state index contributed by atoms with van der Waals surface area (Å²) in [7, 11) is 1.78. The molecule has 0 unspecified atom stereocenters. The van der Waals surface area contributed by atoms with E-state index in [0.717, 1.165) is 5.69 Å². The Morgan fingerprint density at radius 1 is 1.22 bits per heavy atom. The number of hydrogen-bond donors (Lipinski definition) is 1. The van der Waals surface area contributed by atoms with Gasteiger partial charge in [0.2, 0.25) is 0 Å². The van der Waals surface area contributed by atoms with Gasteiger partial charge in [-0.1, -0.05) is 11.6 Å². The number of carbonyl (C=O) groups is 1. The fraction of sp³-hybridized carbons (Fsp3) is 0.182. The van der Waals surface area contributed by atoms with E-state index in [1.54, 1.807) is 54.5 Å². The predicted octanol–water partition coefficient (Wildman–Crippen LogP) is 4.08. The highest BCUT2D eigenvalue weighted by molar-refractivity contribution is 6.31. The molecule has 1 aliphatic heterocycles. The quantitative estimate of drug-likeness (QED) is 0.468. The molecule has 10 heteroatoms. The van der Waals surface area contributed by atoms with Crippen LogP contribution in [-0.4, -0.2) is 38.8 Å². The molecule has 4 heterocycles. The molecule has 32 heavy (non-hydrogen) atoms. The zero-order chi connectivity index (χ0) is 22.2. The van der Waals surface area contributed by atoms with Crippen LogP contribution in [0, 0.1) is 5.82 Å². The third-order valence-electron chi connectivity index (χ3n) is 5.31. The third-order valence-corrected chi connectivity index (χ3v) is 5.60. The first-order chi connectivity index (χ1) is 15.5. The van der Waals surface area contributed by atoms with Crippen LogP contribution in [0.4, 0.5) is 21.5 Å². The Hall–Kier alpha value is -3.56. The highest BCUT2D eigenvalue weighted by Gasteiger charge is 2.20. The van der Waals surface area contributed by atoms with Gasteiger partial charge in [-0.3, -0.25) is 14.5 Å². The smallest absolute Gasteiger partial charge is 0.274 e. The normalized spacial score (nSPS) is 14.5. The van der Waals surface area contributed by atoms with Gasteiger partial charge in [-0.15, -0.1) is 0 Å². The van der Waals surface area contributed by atoms with Gasteiger partial charge >= 0.3 is 0 Å². The summed E-state index contributed by atoms with van der Waals surface area (Å²) in [6.07, 6.45) is 3.24. The molecule has 0 atom stereocenters. The standard InChI is InChI=1S/C22H18ClFN6O2/c1-29-20-12-32-9-8-30(13-2-3-15(24)14(23)10-13)19-6-7-25-16-4-5-17(27-21(16)19)22(31)28-18(20)11-26-29/h2-7,10-11H,8-9,12H2,1H3,(H,28,31). The van der Waals surface area contributed by atoms with E-state index in [1.165, 1.54) is 6.07 Å². The lowest BCUT2D eigenvalue weighted by Gasteiger charge is -2.26. The molecular formula is C22H18ClFN6O2. The molecule has 2 bridgehead atoms. The van der Waals surface area contributed by atoms with Gasteiger partial charge in [-0.25, -0.2) is 9.37 Å². The first kappa shape index (κ1) is 20.3. The van der Waals surface area contributed by atoms with Crippen molar-refractivity contribution in [3.8, 4) is 0 Å². The lowest BCUT2D eigenvalue weighted by atomic mass is 10.2. The maximum absolute atomic E-state index is 13.8. The molecule has 1 amide bonds. The average molecular weight is 453 g/mol. The summed E-state index contributed by atoms with van der Waals surface area (Å²) in [6, 6.07) is 9.68. The number of nitrogens with zero attached hydrogens (tertiary/aromatic N) is 5. The number of hydrogen-bond acceptors (Lipinski definition) is 6. The van der Waals surface area contributed by atoms with Crippen LogP contribution in [0.3, 0.4) is 0 Å². The number of carbonyl (C=O) groups excluding carboxylic acids is 1. The molecule has 0 fully saturated rings. The van der Waals surface area contributed by atoms with Gasteiger partial charge in [0.25, 0.3) is 5.91 Å². The fourth-order valence-corrected chi connectivity index (χ4v) is 3.82. The van der Waals surface area contributed by atoms with E-state index in [2.05, 4.69) is 20.4 Å². The number of amides is 1. The molecule has 0 saturated heterocycles. The van der Waals surface area contributed by atoms with E-state index in [-0.39, 0.29) is 23.2 Å². The van der Waals surface area contributed by atoms with Crippen molar-refractivity contribution in [3.63, 3.8) is 0 Å². The van der Waals surface area contributed by atoms with Crippen molar-refractivity contribution >= 4 is 45.6 Å². The van der Waals surface area contributed by atoms with Crippen LogP contribution in [0.5, 0.6) is 0 Å². The topological polar surface area (TPSA) is 85.2 Å². The Labute approximate surface area is 187 Å². The number of benzene rings is 1. The number of fused-ring (bicyclic) bond motifs is 2. The second-order valence-corrected chi connectivity index (χ2v) is 7.69. The lowest BCUT2D eigenvalue weighted by molar-refractivity contribution is 0.102. The van der Waals surface area contributed by atoms with E-state index in [4.69, 9.17) is 16.3 Å². The second kappa shape index (κ2) is 8.18. The number of anilines is 3. The van der Waals surface area contributed by atoms with Gasteiger partial charge in [-0.05, 0) is 36.4 Å². The van der Waals surface area contributed by atoms with E-state index in [9.17, 15) is 9.18 Å². The van der Waals surface area contributed by atoms with Crippen molar-refractivity contribution in [2.24, 2.45) is 7.05 Å². The maximum atomic E-state index is 13.8. The molecule has 1 N–H and O–H groups in total. The molecule has 0 aliphatic carbocycles. The van der Waals surface area contributed by atoms with E-state index < -0.39 is 5.82 Å². The van der Waals surface area contributed by atoms with Crippen molar-refractivity contribution in [2.75, 3.05) is 23.4 Å². The number of aromatic nitrogens is 4. The Morgan fingerprint density at radius 2 is 2.09 bits per heavy atom. The van der Waals surface area contributed by atoms with Crippen LogP contribution in [-0.2, 0) is 18.4 Å². The maximum Gasteiger partial charge on any atom is 0.274 e. The number of ether oxygens (including phenoxy) is 1. The minimum Gasteiger partial charge on any atom is -0.373 e. The monoisotopic (exact) mass is 452 g/mol. The third kappa shape index (κ3) is 3.65. The number of nitrogens with one attached hydrogen (secondary N) is 1. The number of rotatable bonds is 1. The molecule has 0 spiro atoms. The molecule has 5 rings (SSSR count). The highest BCUT2D eigenvalue weighted by atomic mass is 35.5. The van der Waals surface area contributed by atoms with E-state index >= 15 is 0 Å². The summed E-state index contributed by atoms with van der Waals surface area (Å²) in [5.74, 6) is -0.871. The molecule has 8 nitrogen and oxygen atoms in total. The highest BCUT2D eigenvalue weighted by Crippen LogP contribution is 2.33. The van der Waals surface area contributed by atoms with Gasteiger partial charge in [0.15, 0.2) is 0 Å². The summed E-state index contributed by atoms with van der Waals surface area (Å²) in [5.41, 5.74) is 4.05. The first-order valence-corrected chi connectivity index (χ1v) is 10.3. The van der Waals surface area contributed by atoms with Crippen LogP contribution < -0.4 is 10.2 Å². The summed E-state index contributed by atoms with van der Waals surface area (Å²) < 4.78 is 21.4. The van der Waals surface area contributed by atoms with Crippen LogP contribution in [0.1, 0.15) is 16.2 Å². The molecule has 162 valence electrons. The van der Waals surface area contributed by atoms with Crippen LogP contribution in [0.15, 0.2) is 48.8 Å². The Kier molecular flexibility index (Phi) is 5.20. The Bertz CT molecular complexity index is 1340. The molecule has 3 aromatic heterocycles. The van der Waals surface area contributed by atoms with Crippen LogP contribution >= 0.6 is 11.6 Å². The van der Waals surface area contributed by atoms with Crippen LogP contribution in [0.2, 0.25) is 5.02 Å². The van der Waals surface area contributed by atoms with Gasteiger partial charge in [0.05, 0.1) is 47.0 Å². The minimum atomic E-state index is -0.502. The van der Waals surface area contributed by atoms with Crippen molar-refractivity contribution < 1.29 is 13.9 Å². The zero-order valence-corrected chi connectivity index (χ0v) is 17.8. The minimum absolute atomic E-state index is 0.0113. The summed E-state index contributed by atoms with van der Waals surface area (Å²) >= 11 is 6.06. The van der Waals surface area contributed by atoms with Crippen molar-refractivity contribution in [2.45, 2.75) is 6.61 Å². The Balaban J connectivity index is 1.67. The summed E-state index contributed by atoms with van der Waals surface area (Å²) in [4.78, 5) is 23.8. The molecule has 1 aromatic carbocycles. The van der Waals surface area contributed by atoms with E-state index in [1.807, 2.05) is 4.90 Å². The van der Waals surface area contributed by atoms with Crippen molar-refractivity contribution in [1.82, 2.24) is 19.7 Å². The first-order valence-electron chi connectivity index (χ1n) is 9.89. The predicted molar refractivity (Wildman–Crippen MR) is 119 cm³/mol.